The zero-order valence-electron chi connectivity index (χ0n) is 44.2. The molecule has 6 nitrogen and oxygen atoms in total. The Kier molecular flexibility index (Phi) is 54.1. The van der Waals surface area contributed by atoms with Crippen molar-refractivity contribution < 1.29 is 24.5 Å². The lowest BCUT2D eigenvalue weighted by molar-refractivity contribution is -0.143. The summed E-state index contributed by atoms with van der Waals surface area (Å²) < 4.78 is 5.47. The minimum Gasteiger partial charge on any atom is -0.466 e. The van der Waals surface area contributed by atoms with Gasteiger partial charge in [0.25, 0.3) is 0 Å². The highest BCUT2D eigenvalue weighted by atomic mass is 16.5. The summed E-state index contributed by atoms with van der Waals surface area (Å²) in [5.41, 5.74) is 0. The van der Waals surface area contributed by atoms with E-state index in [2.05, 4.69) is 43.5 Å². The molecule has 2 atom stereocenters. The van der Waals surface area contributed by atoms with Gasteiger partial charge in [-0.05, 0) is 64.2 Å². The summed E-state index contributed by atoms with van der Waals surface area (Å²) in [5.74, 6) is -0.108. The summed E-state index contributed by atoms with van der Waals surface area (Å²) in [5, 5.41) is 23.2. The molecular formula is C60H113NO5. The third-order valence-corrected chi connectivity index (χ3v) is 13.4. The summed E-state index contributed by atoms with van der Waals surface area (Å²) in [6.45, 7) is 4.85. The first-order valence-electron chi connectivity index (χ1n) is 29.3. The van der Waals surface area contributed by atoms with Crippen LogP contribution in [-0.4, -0.2) is 47.4 Å². The summed E-state index contributed by atoms with van der Waals surface area (Å²) in [4.78, 5) is 24.6. The number of hydrogen-bond acceptors (Lipinski definition) is 5. The molecule has 0 radical (unpaired) electrons. The number of carbonyl (C=O) groups excluding carboxylic acids is 2. The van der Waals surface area contributed by atoms with E-state index in [1.807, 2.05) is 6.08 Å². The van der Waals surface area contributed by atoms with Crippen molar-refractivity contribution in [1.29, 1.82) is 0 Å². The van der Waals surface area contributed by atoms with Gasteiger partial charge in [-0.15, -0.1) is 0 Å². The molecule has 0 saturated heterocycles. The van der Waals surface area contributed by atoms with Crippen molar-refractivity contribution in [3.63, 3.8) is 0 Å². The first-order chi connectivity index (χ1) is 32.5. The second-order valence-corrected chi connectivity index (χ2v) is 20.0. The standard InChI is InChI=1S/C60H113NO5/c1-3-5-7-9-11-13-15-17-19-21-22-23-24-26-27-29-32-36-40-44-48-52-58(63)57(56-62)61-59(64)53-49-45-41-37-33-31-35-39-43-47-51-55-66-60(65)54-50-46-42-38-34-30-28-25-20-18-16-14-12-10-8-6-4-2/h12,14,18,20,48,52,57-58,62-63H,3-11,13,15-17,19,21-47,49-51,53-56H2,1-2H3,(H,61,64)/b14-12-,20-18-,52-48+. The fourth-order valence-corrected chi connectivity index (χ4v) is 8.90. The second-order valence-electron chi connectivity index (χ2n) is 20.0. The SMILES string of the molecule is CCCCC/C=C\C/C=C\CCCCCCCCCC(=O)OCCCCCCCCCCCCCC(=O)NC(CO)C(O)/C=C/CCCCCCCCCCCCCCCCCCCCC. The molecular weight excluding hydrogens is 815 g/mol. The predicted molar refractivity (Wildman–Crippen MR) is 287 cm³/mol. The van der Waals surface area contributed by atoms with Gasteiger partial charge in [0.2, 0.25) is 5.91 Å². The molecule has 1 amide bonds. The van der Waals surface area contributed by atoms with Gasteiger partial charge >= 0.3 is 5.97 Å². The molecule has 0 aliphatic carbocycles. The summed E-state index contributed by atoms with van der Waals surface area (Å²) in [7, 11) is 0. The molecule has 0 saturated carbocycles. The van der Waals surface area contributed by atoms with E-state index in [4.69, 9.17) is 4.74 Å². The Labute approximate surface area is 411 Å². The van der Waals surface area contributed by atoms with Crippen molar-refractivity contribution in [3.05, 3.63) is 36.5 Å². The van der Waals surface area contributed by atoms with E-state index in [-0.39, 0.29) is 18.5 Å². The van der Waals surface area contributed by atoms with E-state index in [0.29, 0.717) is 19.4 Å². The van der Waals surface area contributed by atoms with E-state index in [0.717, 1.165) is 64.2 Å². The van der Waals surface area contributed by atoms with Crippen LogP contribution < -0.4 is 5.32 Å². The monoisotopic (exact) mass is 928 g/mol. The van der Waals surface area contributed by atoms with Gasteiger partial charge in [0.15, 0.2) is 0 Å². The molecule has 0 spiro atoms. The predicted octanol–water partition coefficient (Wildman–Crippen LogP) is 18.0. The minimum atomic E-state index is -0.859. The number of carbonyl (C=O) groups is 2. The Morgan fingerprint density at radius 1 is 0.424 bits per heavy atom. The highest BCUT2D eigenvalue weighted by Gasteiger charge is 2.18. The van der Waals surface area contributed by atoms with Crippen molar-refractivity contribution in [1.82, 2.24) is 5.32 Å². The van der Waals surface area contributed by atoms with Crippen molar-refractivity contribution in [2.24, 2.45) is 0 Å². The maximum atomic E-state index is 12.5. The maximum absolute atomic E-state index is 12.5. The zero-order chi connectivity index (χ0) is 47.9. The quantitative estimate of drug-likeness (QED) is 0.0321. The van der Waals surface area contributed by atoms with Gasteiger partial charge in [0.05, 0.1) is 25.4 Å². The van der Waals surface area contributed by atoms with Crippen molar-refractivity contribution in [3.8, 4) is 0 Å². The molecule has 2 unspecified atom stereocenters. The van der Waals surface area contributed by atoms with E-state index in [9.17, 15) is 19.8 Å². The number of ether oxygens (including phenoxy) is 1. The van der Waals surface area contributed by atoms with E-state index in [1.54, 1.807) is 6.08 Å². The number of nitrogens with one attached hydrogen (secondary N) is 1. The van der Waals surface area contributed by atoms with Gasteiger partial charge in [-0.25, -0.2) is 0 Å². The number of esters is 1. The summed E-state index contributed by atoms with van der Waals surface area (Å²) >= 11 is 0. The molecule has 0 fully saturated rings. The van der Waals surface area contributed by atoms with Crippen LogP contribution in [0.2, 0.25) is 0 Å². The third kappa shape index (κ3) is 51.5. The Morgan fingerprint density at radius 2 is 0.758 bits per heavy atom. The van der Waals surface area contributed by atoms with Gasteiger partial charge in [-0.3, -0.25) is 9.59 Å². The highest BCUT2D eigenvalue weighted by Crippen LogP contribution is 2.17. The van der Waals surface area contributed by atoms with Crippen LogP contribution >= 0.6 is 0 Å². The van der Waals surface area contributed by atoms with Crippen LogP contribution in [0.1, 0.15) is 309 Å². The van der Waals surface area contributed by atoms with Crippen molar-refractivity contribution in [2.75, 3.05) is 13.2 Å². The largest absolute Gasteiger partial charge is 0.466 e. The average Bonchev–Trinajstić information content (AvgIpc) is 3.32. The van der Waals surface area contributed by atoms with Gasteiger partial charge in [0.1, 0.15) is 0 Å². The molecule has 0 rings (SSSR count). The van der Waals surface area contributed by atoms with Gasteiger partial charge in [-0.1, -0.05) is 269 Å². The average molecular weight is 929 g/mol. The normalized spacial score (nSPS) is 12.8. The van der Waals surface area contributed by atoms with E-state index < -0.39 is 12.1 Å². The lowest BCUT2D eigenvalue weighted by atomic mass is 10.0. The van der Waals surface area contributed by atoms with Crippen LogP contribution in [0.5, 0.6) is 0 Å². The van der Waals surface area contributed by atoms with E-state index >= 15 is 0 Å². The molecule has 0 bridgehead atoms. The molecule has 0 aliphatic rings. The van der Waals surface area contributed by atoms with Crippen LogP contribution in [0.3, 0.4) is 0 Å². The second kappa shape index (κ2) is 55.7. The number of amides is 1. The number of aliphatic hydroxyl groups is 2. The molecule has 0 aromatic carbocycles. The van der Waals surface area contributed by atoms with Gasteiger partial charge < -0.3 is 20.3 Å². The zero-order valence-corrected chi connectivity index (χ0v) is 44.2. The molecule has 0 aliphatic heterocycles. The van der Waals surface area contributed by atoms with Crippen LogP contribution in [-0.2, 0) is 14.3 Å². The molecule has 66 heavy (non-hydrogen) atoms. The third-order valence-electron chi connectivity index (χ3n) is 13.4. The summed E-state index contributed by atoms with van der Waals surface area (Å²) in [6, 6.07) is -0.644. The topological polar surface area (TPSA) is 95.9 Å². The molecule has 0 aromatic heterocycles. The molecule has 0 heterocycles. The fraction of sp³-hybridized carbons (Fsp3) is 0.867. The van der Waals surface area contributed by atoms with Crippen LogP contribution in [0, 0.1) is 0 Å². The number of aliphatic hydroxyl groups excluding tert-OH is 2. The van der Waals surface area contributed by atoms with Gasteiger partial charge in [0, 0.05) is 12.8 Å². The molecule has 6 heteroatoms. The van der Waals surface area contributed by atoms with Crippen LogP contribution in [0.15, 0.2) is 36.5 Å². The highest BCUT2D eigenvalue weighted by molar-refractivity contribution is 5.76. The fourth-order valence-electron chi connectivity index (χ4n) is 8.90. The molecule has 388 valence electrons. The van der Waals surface area contributed by atoms with Crippen LogP contribution in [0.4, 0.5) is 0 Å². The lowest BCUT2D eigenvalue weighted by Gasteiger charge is -2.20. The number of allylic oxidation sites excluding steroid dienone is 5. The van der Waals surface area contributed by atoms with Gasteiger partial charge in [-0.2, -0.15) is 0 Å². The minimum absolute atomic E-state index is 0.0228. The maximum Gasteiger partial charge on any atom is 0.305 e. The summed E-state index contributed by atoms with van der Waals surface area (Å²) in [6.07, 6.45) is 68.7. The number of unbranched alkanes of at least 4 members (excludes halogenated alkanes) is 39. The molecule has 0 aromatic rings. The number of rotatable bonds is 54. The Hall–Kier alpha value is -1.92. The first kappa shape index (κ1) is 64.1. The Morgan fingerprint density at radius 3 is 1.18 bits per heavy atom. The Bertz CT molecular complexity index is 1070. The van der Waals surface area contributed by atoms with Crippen LogP contribution in [0.25, 0.3) is 0 Å². The lowest BCUT2D eigenvalue weighted by Crippen LogP contribution is -2.45. The molecule has 3 N–H and O–H groups in total. The van der Waals surface area contributed by atoms with Crippen molar-refractivity contribution in [2.45, 2.75) is 321 Å². The number of hydrogen-bond donors (Lipinski definition) is 3. The smallest absolute Gasteiger partial charge is 0.305 e. The van der Waals surface area contributed by atoms with E-state index in [1.165, 1.54) is 218 Å². The van der Waals surface area contributed by atoms with Crippen molar-refractivity contribution >= 4 is 11.9 Å². The Balaban J connectivity index is 3.50. The first-order valence-corrected chi connectivity index (χ1v) is 29.3.